The highest BCUT2D eigenvalue weighted by molar-refractivity contribution is 9.11. The van der Waals surface area contributed by atoms with Gasteiger partial charge in [0.2, 0.25) is 0 Å². The van der Waals surface area contributed by atoms with Crippen LogP contribution in [0.5, 0.6) is 0 Å². The summed E-state index contributed by atoms with van der Waals surface area (Å²) in [4.78, 5) is 9.10. The number of nitrogens with zero attached hydrogens (tertiary/aromatic N) is 2. The minimum absolute atomic E-state index is 0.742. The van der Waals surface area contributed by atoms with Crippen LogP contribution < -0.4 is 5.32 Å². The summed E-state index contributed by atoms with van der Waals surface area (Å²) >= 11 is 6.95. The number of anilines is 1. The fourth-order valence-corrected chi connectivity index (χ4v) is 2.54. The zero-order valence-electron chi connectivity index (χ0n) is 10.2. The lowest BCUT2D eigenvalue weighted by atomic mass is 10.2. The monoisotopic (exact) mass is 369 g/mol. The van der Waals surface area contributed by atoms with Gasteiger partial charge in [0.1, 0.15) is 5.82 Å². The summed E-state index contributed by atoms with van der Waals surface area (Å²) < 4.78 is 1.99. The lowest BCUT2D eigenvalue weighted by Gasteiger charge is -2.10. The van der Waals surface area contributed by atoms with E-state index in [1.54, 1.807) is 0 Å². The lowest BCUT2D eigenvalue weighted by Crippen LogP contribution is -2.02. The third-order valence-electron chi connectivity index (χ3n) is 2.59. The van der Waals surface area contributed by atoms with Gasteiger partial charge in [-0.3, -0.25) is 0 Å². The van der Waals surface area contributed by atoms with Crippen LogP contribution in [0.3, 0.4) is 0 Å². The topological polar surface area (TPSA) is 37.8 Å². The van der Waals surface area contributed by atoms with Crippen molar-refractivity contribution in [2.24, 2.45) is 0 Å². The van der Waals surface area contributed by atoms with Gasteiger partial charge in [0.15, 0.2) is 5.82 Å². The molecule has 1 aromatic heterocycles. The SMILES string of the molecule is CCc1nc(-c2ccc(Br)cc2)nc(NC)c1Br. The molecule has 0 bridgehead atoms. The fraction of sp³-hybridized carbons (Fsp3) is 0.231. The van der Waals surface area contributed by atoms with Crippen LogP contribution >= 0.6 is 31.9 Å². The first-order chi connectivity index (χ1) is 8.65. The maximum Gasteiger partial charge on any atom is 0.161 e. The maximum atomic E-state index is 4.59. The molecular formula is C13H13Br2N3. The summed E-state index contributed by atoms with van der Waals surface area (Å²) in [7, 11) is 1.86. The number of hydrogen-bond donors (Lipinski definition) is 1. The van der Waals surface area contributed by atoms with E-state index in [1.165, 1.54) is 0 Å². The van der Waals surface area contributed by atoms with Crippen LogP contribution in [0, 0.1) is 0 Å². The molecule has 0 saturated carbocycles. The number of aryl methyl sites for hydroxylation is 1. The Balaban J connectivity index is 2.54. The van der Waals surface area contributed by atoms with E-state index in [9.17, 15) is 0 Å². The van der Waals surface area contributed by atoms with Crippen molar-refractivity contribution in [2.45, 2.75) is 13.3 Å². The molecule has 0 aliphatic rings. The molecule has 0 unspecified atom stereocenters. The molecular weight excluding hydrogens is 358 g/mol. The molecule has 0 radical (unpaired) electrons. The molecule has 1 heterocycles. The number of nitrogens with one attached hydrogen (secondary N) is 1. The normalized spacial score (nSPS) is 10.4. The third kappa shape index (κ3) is 2.72. The second kappa shape index (κ2) is 5.80. The van der Waals surface area contributed by atoms with Gasteiger partial charge in [-0.15, -0.1) is 0 Å². The Morgan fingerprint density at radius 1 is 1.11 bits per heavy atom. The molecule has 0 saturated heterocycles. The minimum Gasteiger partial charge on any atom is -0.372 e. The first kappa shape index (κ1) is 13.5. The maximum absolute atomic E-state index is 4.59. The van der Waals surface area contributed by atoms with Gasteiger partial charge in [-0.1, -0.05) is 35.0 Å². The van der Waals surface area contributed by atoms with Gasteiger partial charge in [0.05, 0.1) is 10.2 Å². The van der Waals surface area contributed by atoms with Gasteiger partial charge in [-0.25, -0.2) is 9.97 Å². The number of halogens is 2. The Hall–Kier alpha value is -0.940. The smallest absolute Gasteiger partial charge is 0.161 e. The number of hydrogen-bond acceptors (Lipinski definition) is 3. The van der Waals surface area contributed by atoms with Crippen molar-refractivity contribution in [1.82, 2.24) is 9.97 Å². The van der Waals surface area contributed by atoms with E-state index in [0.29, 0.717) is 0 Å². The van der Waals surface area contributed by atoms with Crippen molar-refractivity contribution >= 4 is 37.7 Å². The highest BCUT2D eigenvalue weighted by Gasteiger charge is 2.11. The van der Waals surface area contributed by atoms with Crippen LogP contribution in [0.15, 0.2) is 33.2 Å². The molecule has 1 N–H and O–H groups in total. The highest BCUT2D eigenvalue weighted by atomic mass is 79.9. The Kier molecular flexibility index (Phi) is 4.35. The van der Waals surface area contributed by atoms with E-state index >= 15 is 0 Å². The van der Waals surface area contributed by atoms with Crippen LogP contribution in [0.1, 0.15) is 12.6 Å². The predicted molar refractivity (Wildman–Crippen MR) is 81.8 cm³/mol. The van der Waals surface area contributed by atoms with Gasteiger partial charge in [0, 0.05) is 17.1 Å². The van der Waals surface area contributed by atoms with E-state index in [1.807, 2.05) is 31.3 Å². The number of aromatic nitrogens is 2. The van der Waals surface area contributed by atoms with Crippen molar-refractivity contribution < 1.29 is 0 Å². The quantitative estimate of drug-likeness (QED) is 0.876. The average Bonchev–Trinajstić information content (AvgIpc) is 2.40. The van der Waals surface area contributed by atoms with Crippen LogP contribution in [0.2, 0.25) is 0 Å². The molecule has 94 valence electrons. The largest absolute Gasteiger partial charge is 0.372 e. The molecule has 2 rings (SSSR count). The number of benzene rings is 1. The minimum atomic E-state index is 0.742. The first-order valence-electron chi connectivity index (χ1n) is 5.65. The third-order valence-corrected chi connectivity index (χ3v) is 3.96. The summed E-state index contributed by atoms with van der Waals surface area (Å²) in [5.41, 5.74) is 2.02. The van der Waals surface area contributed by atoms with Crippen molar-refractivity contribution in [2.75, 3.05) is 12.4 Å². The van der Waals surface area contributed by atoms with Crippen molar-refractivity contribution in [3.8, 4) is 11.4 Å². The van der Waals surface area contributed by atoms with Gasteiger partial charge in [0.25, 0.3) is 0 Å². The zero-order chi connectivity index (χ0) is 13.1. The Morgan fingerprint density at radius 2 is 1.78 bits per heavy atom. The summed E-state index contributed by atoms with van der Waals surface area (Å²) in [6.07, 6.45) is 0.862. The second-order valence-corrected chi connectivity index (χ2v) is 5.48. The second-order valence-electron chi connectivity index (χ2n) is 3.77. The van der Waals surface area contributed by atoms with Crippen LogP contribution in [0.4, 0.5) is 5.82 Å². The van der Waals surface area contributed by atoms with Gasteiger partial charge in [-0.05, 0) is 34.5 Å². The van der Waals surface area contributed by atoms with Gasteiger partial charge in [-0.2, -0.15) is 0 Å². The van der Waals surface area contributed by atoms with Gasteiger partial charge < -0.3 is 5.32 Å². The Bertz CT molecular complexity index is 528. The molecule has 18 heavy (non-hydrogen) atoms. The highest BCUT2D eigenvalue weighted by Crippen LogP contribution is 2.27. The lowest BCUT2D eigenvalue weighted by molar-refractivity contribution is 0.991. The Labute approximate surface area is 123 Å². The van der Waals surface area contributed by atoms with E-state index < -0.39 is 0 Å². The van der Waals surface area contributed by atoms with Crippen molar-refractivity contribution in [3.05, 3.63) is 38.9 Å². The summed E-state index contributed by atoms with van der Waals surface area (Å²) in [6, 6.07) is 8.00. The van der Waals surface area contributed by atoms with Crippen molar-refractivity contribution in [1.29, 1.82) is 0 Å². The van der Waals surface area contributed by atoms with E-state index in [-0.39, 0.29) is 0 Å². The van der Waals surface area contributed by atoms with Crippen LogP contribution in [-0.4, -0.2) is 17.0 Å². The zero-order valence-corrected chi connectivity index (χ0v) is 13.3. The molecule has 0 fully saturated rings. The molecule has 3 nitrogen and oxygen atoms in total. The molecule has 0 aliphatic heterocycles. The van der Waals surface area contributed by atoms with E-state index in [0.717, 1.165) is 38.3 Å². The molecule has 0 spiro atoms. The Morgan fingerprint density at radius 3 is 2.33 bits per heavy atom. The first-order valence-corrected chi connectivity index (χ1v) is 7.24. The summed E-state index contributed by atoms with van der Waals surface area (Å²) in [5, 5.41) is 3.08. The fourth-order valence-electron chi connectivity index (χ4n) is 1.62. The van der Waals surface area contributed by atoms with E-state index in [4.69, 9.17) is 0 Å². The molecule has 1 aromatic carbocycles. The molecule has 5 heteroatoms. The van der Waals surface area contributed by atoms with Crippen molar-refractivity contribution in [3.63, 3.8) is 0 Å². The summed E-state index contributed by atoms with van der Waals surface area (Å²) in [6.45, 7) is 2.08. The molecule has 0 amide bonds. The van der Waals surface area contributed by atoms with Crippen LogP contribution in [0.25, 0.3) is 11.4 Å². The molecule has 0 atom stereocenters. The molecule has 0 aliphatic carbocycles. The van der Waals surface area contributed by atoms with Gasteiger partial charge >= 0.3 is 0 Å². The summed E-state index contributed by atoms with van der Waals surface area (Å²) in [5.74, 6) is 1.56. The van der Waals surface area contributed by atoms with E-state index in [2.05, 4.69) is 54.1 Å². The average molecular weight is 371 g/mol. The number of rotatable bonds is 3. The molecule has 2 aromatic rings. The standard InChI is InChI=1S/C13H13Br2N3/c1-3-10-11(15)13(16-2)18-12(17-10)8-4-6-9(14)7-5-8/h4-7H,3H2,1-2H3,(H,16,17,18). The predicted octanol–water partition coefficient (Wildman–Crippen LogP) is 4.27. The van der Waals surface area contributed by atoms with Crippen LogP contribution in [-0.2, 0) is 6.42 Å².